The molecule has 0 bridgehead atoms. The Morgan fingerprint density at radius 2 is 2.27 bits per heavy atom. The quantitative estimate of drug-likeness (QED) is 0.441. The lowest BCUT2D eigenvalue weighted by molar-refractivity contribution is -0.309. The number of hydrogen-bond acceptors (Lipinski definition) is 2. The van der Waals surface area contributed by atoms with E-state index in [0.29, 0.717) is 0 Å². The molecule has 11 heavy (non-hydrogen) atoms. The van der Waals surface area contributed by atoms with Crippen molar-refractivity contribution < 1.29 is 9.90 Å². The lowest BCUT2D eigenvalue weighted by Gasteiger charge is -2.05. The van der Waals surface area contributed by atoms with Crippen LogP contribution in [0.25, 0.3) is 0 Å². The van der Waals surface area contributed by atoms with Crippen molar-refractivity contribution in [3.63, 3.8) is 0 Å². The topological polar surface area (TPSA) is 40.1 Å². The van der Waals surface area contributed by atoms with Crippen LogP contribution in [0.5, 0.6) is 0 Å². The second-order valence-electron chi connectivity index (χ2n) is 2.68. The second-order valence-corrected chi connectivity index (χ2v) is 2.68. The molecule has 0 aromatic carbocycles. The first-order valence-corrected chi connectivity index (χ1v) is 4.06. The molecule has 0 fully saturated rings. The largest absolute Gasteiger partial charge is 0.550 e. The summed E-state index contributed by atoms with van der Waals surface area (Å²) in [5.41, 5.74) is 0. The zero-order valence-electron chi connectivity index (χ0n) is 7.17. The standard InChI is InChI=1S/C9H16O2/c1-3-4-5-6-7-8(2)9(10)11/h6-8H,3-5H2,1-2H3,(H,10,11)/p-1/b7-6+. The minimum atomic E-state index is -1.00. The van der Waals surface area contributed by atoms with Gasteiger partial charge in [-0.1, -0.05) is 38.8 Å². The summed E-state index contributed by atoms with van der Waals surface area (Å²) in [4.78, 5) is 10.2. The van der Waals surface area contributed by atoms with Crippen molar-refractivity contribution in [2.75, 3.05) is 0 Å². The highest BCUT2D eigenvalue weighted by Gasteiger charge is 1.94. The Bertz CT molecular complexity index is 138. The van der Waals surface area contributed by atoms with Gasteiger partial charge < -0.3 is 9.90 Å². The fraction of sp³-hybridized carbons (Fsp3) is 0.667. The summed E-state index contributed by atoms with van der Waals surface area (Å²) >= 11 is 0. The van der Waals surface area contributed by atoms with E-state index in [4.69, 9.17) is 0 Å². The summed E-state index contributed by atoms with van der Waals surface area (Å²) in [6, 6.07) is 0. The fourth-order valence-electron chi connectivity index (χ4n) is 0.701. The molecule has 0 aliphatic heterocycles. The molecular formula is C9H15O2-. The zero-order valence-corrected chi connectivity index (χ0v) is 7.17. The summed E-state index contributed by atoms with van der Waals surface area (Å²) < 4.78 is 0. The van der Waals surface area contributed by atoms with Crippen molar-refractivity contribution in [2.45, 2.75) is 33.1 Å². The van der Waals surface area contributed by atoms with Crippen molar-refractivity contribution >= 4 is 5.97 Å². The van der Waals surface area contributed by atoms with Crippen LogP contribution < -0.4 is 5.11 Å². The first-order chi connectivity index (χ1) is 5.18. The molecule has 0 saturated heterocycles. The van der Waals surface area contributed by atoms with Crippen LogP contribution >= 0.6 is 0 Å². The SMILES string of the molecule is CCCC/C=C/C(C)C(=O)[O-]. The average molecular weight is 155 g/mol. The van der Waals surface area contributed by atoms with Crippen molar-refractivity contribution in [3.05, 3.63) is 12.2 Å². The third kappa shape index (κ3) is 5.64. The molecule has 0 saturated carbocycles. The van der Waals surface area contributed by atoms with Gasteiger partial charge in [0.2, 0.25) is 0 Å². The predicted molar refractivity (Wildman–Crippen MR) is 42.8 cm³/mol. The molecule has 0 amide bonds. The van der Waals surface area contributed by atoms with Gasteiger partial charge in [0.1, 0.15) is 0 Å². The smallest absolute Gasteiger partial charge is 0.0480 e. The zero-order chi connectivity index (χ0) is 8.69. The number of carbonyl (C=O) groups excluding carboxylic acids is 1. The lowest BCUT2D eigenvalue weighted by Crippen LogP contribution is -2.28. The molecule has 0 N–H and O–H groups in total. The van der Waals surface area contributed by atoms with Crippen LogP contribution in [0.4, 0.5) is 0 Å². The van der Waals surface area contributed by atoms with E-state index in [1.54, 1.807) is 13.0 Å². The summed E-state index contributed by atoms with van der Waals surface area (Å²) in [5, 5.41) is 10.2. The van der Waals surface area contributed by atoms with Crippen LogP contribution in [-0.2, 0) is 4.79 Å². The highest BCUT2D eigenvalue weighted by atomic mass is 16.4. The number of carbonyl (C=O) groups is 1. The number of aliphatic carboxylic acids is 1. The van der Waals surface area contributed by atoms with Crippen LogP contribution in [0.3, 0.4) is 0 Å². The van der Waals surface area contributed by atoms with Crippen LogP contribution in [0.15, 0.2) is 12.2 Å². The van der Waals surface area contributed by atoms with Gasteiger partial charge in [-0.15, -0.1) is 0 Å². The first kappa shape index (κ1) is 10.2. The van der Waals surface area contributed by atoms with Crippen LogP contribution in [-0.4, -0.2) is 5.97 Å². The Morgan fingerprint density at radius 3 is 2.73 bits per heavy atom. The molecule has 0 aliphatic carbocycles. The molecule has 0 radical (unpaired) electrons. The molecule has 0 rings (SSSR count). The van der Waals surface area contributed by atoms with Gasteiger partial charge in [-0.2, -0.15) is 0 Å². The number of carboxylic acid groups (broad SMARTS) is 1. The number of carboxylic acids is 1. The third-order valence-corrected chi connectivity index (χ3v) is 1.52. The molecule has 0 aromatic rings. The summed E-state index contributed by atoms with van der Waals surface area (Å²) in [5.74, 6) is -1.45. The maximum absolute atomic E-state index is 10.2. The van der Waals surface area contributed by atoms with E-state index >= 15 is 0 Å². The van der Waals surface area contributed by atoms with Gasteiger partial charge in [0.05, 0.1) is 0 Å². The normalized spacial score (nSPS) is 13.6. The van der Waals surface area contributed by atoms with Crippen molar-refractivity contribution in [1.29, 1.82) is 0 Å². The molecule has 64 valence electrons. The van der Waals surface area contributed by atoms with E-state index in [9.17, 15) is 9.90 Å². The molecule has 1 unspecified atom stereocenters. The van der Waals surface area contributed by atoms with E-state index < -0.39 is 11.9 Å². The van der Waals surface area contributed by atoms with Crippen molar-refractivity contribution in [1.82, 2.24) is 0 Å². The van der Waals surface area contributed by atoms with Gasteiger partial charge in [-0.05, 0) is 6.42 Å². The molecule has 0 heterocycles. The van der Waals surface area contributed by atoms with E-state index in [1.165, 1.54) is 0 Å². The van der Waals surface area contributed by atoms with Gasteiger partial charge in [-0.25, -0.2) is 0 Å². The fourth-order valence-corrected chi connectivity index (χ4v) is 0.701. The second kappa shape index (κ2) is 5.96. The van der Waals surface area contributed by atoms with Crippen molar-refractivity contribution in [2.24, 2.45) is 5.92 Å². The van der Waals surface area contributed by atoms with E-state index in [1.807, 2.05) is 6.08 Å². The highest BCUT2D eigenvalue weighted by molar-refractivity contribution is 5.69. The number of unbranched alkanes of at least 4 members (excludes halogenated alkanes) is 2. The lowest BCUT2D eigenvalue weighted by atomic mass is 10.1. The van der Waals surface area contributed by atoms with Gasteiger partial charge in [0.15, 0.2) is 0 Å². The molecule has 2 nitrogen and oxygen atoms in total. The number of allylic oxidation sites excluding steroid dienone is 1. The highest BCUT2D eigenvalue weighted by Crippen LogP contribution is 1.99. The molecule has 0 aromatic heterocycles. The van der Waals surface area contributed by atoms with E-state index in [-0.39, 0.29) is 0 Å². The van der Waals surface area contributed by atoms with Gasteiger partial charge >= 0.3 is 0 Å². The first-order valence-electron chi connectivity index (χ1n) is 4.06. The summed E-state index contributed by atoms with van der Waals surface area (Å²) in [7, 11) is 0. The Kier molecular flexibility index (Phi) is 5.53. The monoisotopic (exact) mass is 155 g/mol. The Labute approximate surface area is 67.9 Å². The molecule has 1 atom stereocenters. The minimum Gasteiger partial charge on any atom is -0.550 e. The number of rotatable bonds is 5. The predicted octanol–water partition coefficient (Wildman–Crippen LogP) is 1.12. The third-order valence-electron chi connectivity index (χ3n) is 1.52. The molecule has 0 aliphatic rings. The summed E-state index contributed by atoms with van der Waals surface area (Å²) in [6.45, 7) is 3.73. The Morgan fingerprint density at radius 1 is 1.64 bits per heavy atom. The van der Waals surface area contributed by atoms with Gasteiger partial charge in [0, 0.05) is 11.9 Å². The molecule has 2 heteroatoms. The maximum Gasteiger partial charge on any atom is 0.0480 e. The Hall–Kier alpha value is -0.790. The maximum atomic E-state index is 10.2. The Balaban J connectivity index is 3.48. The van der Waals surface area contributed by atoms with E-state index in [0.717, 1.165) is 19.3 Å². The minimum absolute atomic E-state index is 0.452. The van der Waals surface area contributed by atoms with Crippen molar-refractivity contribution in [3.8, 4) is 0 Å². The summed E-state index contributed by atoms with van der Waals surface area (Å²) in [6.07, 6.45) is 6.82. The van der Waals surface area contributed by atoms with E-state index in [2.05, 4.69) is 6.92 Å². The van der Waals surface area contributed by atoms with Gasteiger partial charge in [0.25, 0.3) is 0 Å². The van der Waals surface area contributed by atoms with Gasteiger partial charge in [-0.3, -0.25) is 0 Å². The van der Waals surface area contributed by atoms with Crippen LogP contribution in [0, 0.1) is 5.92 Å². The van der Waals surface area contributed by atoms with Crippen LogP contribution in [0.1, 0.15) is 33.1 Å². The molecular weight excluding hydrogens is 140 g/mol. The average Bonchev–Trinajstić information content (AvgIpc) is 1.97. The molecule has 0 spiro atoms. The number of hydrogen-bond donors (Lipinski definition) is 0. The van der Waals surface area contributed by atoms with Crippen LogP contribution in [0.2, 0.25) is 0 Å².